The number of nitrogens with zero attached hydrogens (tertiary/aromatic N) is 1. The first-order valence-electron chi connectivity index (χ1n) is 9.83. The minimum atomic E-state index is -4.70. The number of benzene rings is 3. The molecule has 1 atom stereocenters. The molecule has 1 unspecified atom stereocenters. The molecule has 3 aromatic rings. The van der Waals surface area contributed by atoms with E-state index in [2.05, 4.69) is 0 Å². The van der Waals surface area contributed by atoms with Gasteiger partial charge in [0.1, 0.15) is 0 Å². The summed E-state index contributed by atoms with van der Waals surface area (Å²) in [7, 11) is -4.44. The van der Waals surface area contributed by atoms with Gasteiger partial charge in [0.05, 0.1) is 15.5 Å². The van der Waals surface area contributed by atoms with Gasteiger partial charge in [-0.05, 0) is 29.8 Å². The van der Waals surface area contributed by atoms with Gasteiger partial charge < -0.3 is 15.4 Å². The van der Waals surface area contributed by atoms with Crippen LogP contribution in [0.4, 0.5) is 13.2 Å². The van der Waals surface area contributed by atoms with Gasteiger partial charge in [-0.2, -0.15) is 13.2 Å². The molecule has 0 saturated carbocycles. The molecule has 34 heavy (non-hydrogen) atoms. The Hall–Kier alpha value is -2.88. The van der Waals surface area contributed by atoms with Gasteiger partial charge >= 0.3 is 6.18 Å². The Bertz CT molecular complexity index is 1360. The summed E-state index contributed by atoms with van der Waals surface area (Å²) in [5.74, 6) is -0.547. The molecule has 0 fully saturated rings. The average Bonchev–Trinajstić information content (AvgIpc) is 3.11. The predicted octanol–water partition coefficient (Wildman–Crippen LogP) is 6.10. The summed E-state index contributed by atoms with van der Waals surface area (Å²) in [6.45, 7) is -0.106. The molecule has 11 heteroatoms. The Morgan fingerprint density at radius 2 is 1.62 bits per heavy atom. The molecule has 0 amide bonds. The van der Waals surface area contributed by atoms with Gasteiger partial charge in [-0.25, -0.2) is 8.42 Å². The normalized spacial score (nSPS) is 16.6. The number of hydrogen-bond donors (Lipinski definition) is 1. The zero-order valence-electron chi connectivity index (χ0n) is 17.3. The van der Waals surface area contributed by atoms with Crippen LogP contribution in [-0.2, 0) is 27.3 Å². The molecule has 0 bridgehead atoms. The van der Waals surface area contributed by atoms with Crippen LogP contribution in [0.15, 0.2) is 88.6 Å². The third-order valence-corrected chi connectivity index (χ3v) is 7.70. The van der Waals surface area contributed by atoms with Gasteiger partial charge in [0, 0.05) is 17.1 Å². The fourth-order valence-electron chi connectivity index (χ4n) is 3.69. The SMILES string of the molecule is NC1=C(S(=O)(=O)c2cc(Cl)ccc2Cl)N(Cc2ccccc2)C(c2ccccc2C(F)(F)F)O1. The smallest absolute Gasteiger partial charge is 0.416 e. The molecule has 0 radical (unpaired) electrons. The Labute approximate surface area is 204 Å². The highest BCUT2D eigenvalue weighted by molar-refractivity contribution is 7.95. The lowest BCUT2D eigenvalue weighted by atomic mass is 10.0. The molecular weight excluding hydrogens is 512 g/mol. The molecule has 3 aromatic carbocycles. The molecule has 0 aliphatic carbocycles. The van der Waals surface area contributed by atoms with Crippen molar-refractivity contribution in [3.63, 3.8) is 0 Å². The van der Waals surface area contributed by atoms with Gasteiger partial charge in [0.25, 0.3) is 0 Å². The lowest BCUT2D eigenvalue weighted by molar-refractivity contribution is -0.140. The van der Waals surface area contributed by atoms with Crippen molar-refractivity contribution in [3.05, 3.63) is 110 Å². The summed E-state index contributed by atoms with van der Waals surface area (Å²) in [5.41, 5.74) is 5.38. The molecule has 0 spiro atoms. The molecule has 0 saturated heterocycles. The third-order valence-electron chi connectivity index (χ3n) is 5.16. The van der Waals surface area contributed by atoms with Crippen LogP contribution in [0, 0.1) is 0 Å². The second-order valence-corrected chi connectivity index (χ2v) is 10.1. The molecule has 4 rings (SSSR count). The number of sulfone groups is 1. The second kappa shape index (κ2) is 9.05. The molecule has 1 heterocycles. The first-order chi connectivity index (χ1) is 16.0. The van der Waals surface area contributed by atoms with Crippen molar-refractivity contribution in [2.24, 2.45) is 5.73 Å². The summed E-state index contributed by atoms with van der Waals surface area (Å²) in [4.78, 5) is 0.841. The highest BCUT2D eigenvalue weighted by atomic mass is 35.5. The largest absolute Gasteiger partial charge is 0.449 e. The number of hydrogen-bond acceptors (Lipinski definition) is 5. The van der Waals surface area contributed by atoms with E-state index in [0.29, 0.717) is 5.56 Å². The van der Waals surface area contributed by atoms with Gasteiger partial charge in [0.15, 0.2) is 5.03 Å². The zero-order chi connectivity index (χ0) is 24.7. The van der Waals surface area contributed by atoms with Crippen LogP contribution < -0.4 is 5.73 Å². The monoisotopic (exact) mass is 528 g/mol. The van der Waals surface area contributed by atoms with Gasteiger partial charge in [-0.3, -0.25) is 0 Å². The predicted molar refractivity (Wildman–Crippen MR) is 122 cm³/mol. The Balaban J connectivity index is 1.89. The fraction of sp³-hybridized carbons (Fsp3) is 0.130. The zero-order valence-corrected chi connectivity index (χ0v) is 19.6. The summed E-state index contributed by atoms with van der Waals surface area (Å²) in [5, 5.41) is -0.513. The Morgan fingerprint density at radius 1 is 0.971 bits per heavy atom. The molecular formula is C23H17Cl2F3N2O3S. The van der Waals surface area contributed by atoms with Crippen molar-refractivity contribution in [1.29, 1.82) is 0 Å². The number of ether oxygens (including phenoxy) is 1. The van der Waals surface area contributed by atoms with Crippen LogP contribution >= 0.6 is 23.2 Å². The molecule has 1 aliphatic heterocycles. The quantitative estimate of drug-likeness (QED) is 0.433. The average molecular weight is 529 g/mol. The highest BCUT2D eigenvalue weighted by Crippen LogP contribution is 2.45. The minimum Gasteiger partial charge on any atom is -0.449 e. The Morgan fingerprint density at radius 3 is 2.29 bits per heavy atom. The Kier molecular flexibility index (Phi) is 6.46. The molecule has 5 nitrogen and oxygen atoms in total. The minimum absolute atomic E-state index is 0.106. The van der Waals surface area contributed by atoms with Crippen LogP contribution in [0.2, 0.25) is 10.0 Å². The highest BCUT2D eigenvalue weighted by Gasteiger charge is 2.45. The van der Waals surface area contributed by atoms with E-state index >= 15 is 0 Å². The molecule has 2 N–H and O–H groups in total. The van der Waals surface area contributed by atoms with Crippen molar-refractivity contribution >= 4 is 33.0 Å². The number of nitrogens with two attached hydrogens (primary N) is 1. The number of alkyl halides is 3. The van der Waals surface area contributed by atoms with Crippen molar-refractivity contribution in [2.45, 2.75) is 23.8 Å². The summed E-state index contributed by atoms with van der Waals surface area (Å²) < 4.78 is 74.2. The van der Waals surface area contributed by atoms with Crippen LogP contribution in [-0.4, -0.2) is 13.3 Å². The summed E-state index contributed by atoms with van der Waals surface area (Å²) in [6, 6.07) is 17.3. The van der Waals surface area contributed by atoms with Crippen LogP contribution in [0.3, 0.4) is 0 Å². The van der Waals surface area contributed by atoms with Crippen molar-refractivity contribution in [1.82, 2.24) is 4.90 Å². The summed E-state index contributed by atoms with van der Waals surface area (Å²) >= 11 is 12.1. The maximum Gasteiger partial charge on any atom is 0.416 e. The van der Waals surface area contributed by atoms with Gasteiger partial charge in [-0.15, -0.1) is 0 Å². The van der Waals surface area contributed by atoms with E-state index in [4.69, 9.17) is 33.7 Å². The molecule has 178 valence electrons. The number of halogens is 5. The first kappa shape index (κ1) is 24.3. The maximum absolute atomic E-state index is 13.8. The fourth-order valence-corrected chi connectivity index (χ4v) is 5.95. The van der Waals surface area contributed by atoms with Crippen molar-refractivity contribution < 1.29 is 26.3 Å². The van der Waals surface area contributed by atoms with E-state index in [0.717, 1.165) is 12.1 Å². The molecule has 1 aliphatic rings. The van der Waals surface area contributed by atoms with E-state index in [9.17, 15) is 21.6 Å². The maximum atomic E-state index is 13.8. The number of rotatable bonds is 5. The van der Waals surface area contributed by atoms with E-state index in [-0.39, 0.29) is 27.0 Å². The van der Waals surface area contributed by atoms with Crippen molar-refractivity contribution in [3.8, 4) is 0 Å². The van der Waals surface area contributed by atoms with E-state index in [1.54, 1.807) is 30.3 Å². The first-order valence-corrected chi connectivity index (χ1v) is 12.1. The lowest BCUT2D eigenvalue weighted by Crippen LogP contribution is -2.29. The van der Waals surface area contributed by atoms with Crippen LogP contribution in [0.25, 0.3) is 0 Å². The van der Waals surface area contributed by atoms with E-state index in [1.807, 2.05) is 0 Å². The molecule has 0 aromatic heterocycles. The summed E-state index contributed by atoms with van der Waals surface area (Å²) in [6.07, 6.45) is -6.16. The van der Waals surface area contributed by atoms with Crippen LogP contribution in [0.5, 0.6) is 0 Å². The second-order valence-electron chi connectivity index (χ2n) is 7.42. The van der Waals surface area contributed by atoms with Gasteiger partial charge in [-0.1, -0.05) is 71.7 Å². The third kappa shape index (κ3) is 4.55. The van der Waals surface area contributed by atoms with E-state index in [1.165, 1.54) is 35.2 Å². The lowest BCUT2D eigenvalue weighted by Gasteiger charge is -2.29. The van der Waals surface area contributed by atoms with Crippen molar-refractivity contribution in [2.75, 3.05) is 0 Å². The van der Waals surface area contributed by atoms with Gasteiger partial charge in [0.2, 0.25) is 21.9 Å². The van der Waals surface area contributed by atoms with Crippen LogP contribution in [0.1, 0.15) is 22.9 Å². The topological polar surface area (TPSA) is 72.6 Å². The standard InChI is InChI=1S/C23H17Cl2F3N2O3S/c24-15-10-11-18(25)19(12-15)34(31,32)22-20(29)33-21(30(22)13-14-6-2-1-3-7-14)16-8-4-5-9-17(16)23(26,27)28/h1-12,21H,13,29H2. The van der Waals surface area contributed by atoms with E-state index < -0.39 is 38.7 Å².